The highest BCUT2D eigenvalue weighted by molar-refractivity contribution is 5.91. The van der Waals surface area contributed by atoms with Crippen molar-refractivity contribution in [2.24, 2.45) is 0 Å². The molecule has 0 N–H and O–H groups in total. The van der Waals surface area contributed by atoms with Crippen LogP contribution in [0.5, 0.6) is 0 Å². The predicted molar refractivity (Wildman–Crippen MR) is 108 cm³/mol. The summed E-state index contributed by atoms with van der Waals surface area (Å²) in [4.78, 5) is 31.0. The molecule has 0 aliphatic carbocycles. The molecule has 2 fully saturated rings. The smallest absolute Gasteiger partial charge is 0.246 e. The van der Waals surface area contributed by atoms with Crippen LogP contribution in [0.3, 0.4) is 0 Å². The molecule has 146 valence electrons. The Kier molecular flexibility index (Phi) is 7.04. The van der Waals surface area contributed by atoms with Crippen LogP contribution in [0.1, 0.15) is 36.8 Å². The molecule has 2 amide bonds. The molecule has 2 aliphatic heterocycles. The second-order valence-electron chi connectivity index (χ2n) is 7.64. The SMILES string of the molecule is Cc1cccc(/C=C/C(=O)N2CCN(CC(=O)N3CCCCCC3)CC2)c1. The molecule has 0 aromatic heterocycles. The van der Waals surface area contributed by atoms with E-state index in [-0.39, 0.29) is 11.8 Å². The minimum atomic E-state index is 0.0509. The second kappa shape index (κ2) is 9.70. The number of hydrogen-bond acceptors (Lipinski definition) is 3. The molecule has 1 aromatic rings. The number of benzene rings is 1. The third kappa shape index (κ3) is 5.93. The molecule has 2 aliphatic rings. The quantitative estimate of drug-likeness (QED) is 0.766. The first-order valence-corrected chi connectivity index (χ1v) is 10.2. The van der Waals surface area contributed by atoms with Crippen molar-refractivity contribution in [2.45, 2.75) is 32.6 Å². The maximum absolute atomic E-state index is 12.5. The summed E-state index contributed by atoms with van der Waals surface area (Å²) in [6, 6.07) is 8.12. The average molecular weight is 370 g/mol. The minimum Gasteiger partial charge on any atom is -0.342 e. The molecule has 2 saturated heterocycles. The lowest BCUT2D eigenvalue weighted by molar-refractivity contribution is -0.133. The monoisotopic (exact) mass is 369 g/mol. The van der Waals surface area contributed by atoms with Gasteiger partial charge in [0.15, 0.2) is 0 Å². The van der Waals surface area contributed by atoms with Gasteiger partial charge in [0.05, 0.1) is 6.54 Å². The molecule has 0 saturated carbocycles. The van der Waals surface area contributed by atoms with Gasteiger partial charge in [0.1, 0.15) is 0 Å². The van der Waals surface area contributed by atoms with Gasteiger partial charge < -0.3 is 9.80 Å². The van der Waals surface area contributed by atoms with Crippen LogP contribution >= 0.6 is 0 Å². The van der Waals surface area contributed by atoms with Crippen molar-refractivity contribution in [3.8, 4) is 0 Å². The lowest BCUT2D eigenvalue weighted by Gasteiger charge is -2.34. The van der Waals surface area contributed by atoms with Crippen LogP contribution < -0.4 is 0 Å². The Balaban J connectivity index is 1.44. The summed E-state index contributed by atoms with van der Waals surface area (Å²) < 4.78 is 0. The van der Waals surface area contributed by atoms with Crippen LogP contribution in [0.4, 0.5) is 0 Å². The van der Waals surface area contributed by atoms with Gasteiger partial charge in [0.25, 0.3) is 0 Å². The van der Waals surface area contributed by atoms with Crippen molar-refractivity contribution in [1.29, 1.82) is 0 Å². The molecule has 0 bridgehead atoms. The van der Waals surface area contributed by atoms with Gasteiger partial charge >= 0.3 is 0 Å². The summed E-state index contributed by atoms with van der Waals surface area (Å²) >= 11 is 0. The Labute approximate surface area is 162 Å². The molecule has 27 heavy (non-hydrogen) atoms. The first-order valence-electron chi connectivity index (χ1n) is 10.2. The van der Waals surface area contributed by atoms with Crippen molar-refractivity contribution in [3.63, 3.8) is 0 Å². The van der Waals surface area contributed by atoms with E-state index in [4.69, 9.17) is 0 Å². The standard InChI is InChI=1S/C22H31N3O2/c1-19-7-6-8-20(17-19)9-10-21(26)25-15-13-23(14-16-25)18-22(27)24-11-4-2-3-5-12-24/h6-10,17H,2-5,11-16,18H2,1H3/b10-9+. The van der Waals surface area contributed by atoms with Crippen LogP contribution in [0.15, 0.2) is 30.3 Å². The van der Waals surface area contributed by atoms with E-state index in [0.29, 0.717) is 19.6 Å². The minimum absolute atomic E-state index is 0.0509. The summed E-state index contributed by atoms with van der Waals surface area (Å²) in [6.45, 7) is 7.25. The van der Waals surface area contributed by atoms with E-state index in [1.165, 1.54) is 18.4 Å². The summed E-state index contributed by atoms with van der Waals surface area (Å²) in [6.07, 6.45) is 8.27. The van der Waals surface area contributed by atoms with Gasteiger partial charge in [-0.2, -0.15) is 0 Å². The third-order valence-electron chi connectivity index (χ3n) is 5.46. The fourth-order valence-electron chi connectivity index (χ4n) is 3.78. The fourth-order valence-corrected chi connectivity index (χ4v) is 3.78. The first-order chi connectivity index (χ1) is 13.1. The number of likely N-dealkylation sites (tertiary alicyclic amines) is 1. The van der Waals surface area contributed by atoms with Crippen LogP contribution in [0.2, 0.25) is 0 Å². The molecule has 5 nitrogen and oxygen atoms in total. The van der Waals surface area contributed by atoms with Crippen molar-refractivity contribution in [2.75, 3.05) is 45.8 Å². The maximum Gasteiger partial charge on any atom is 0.246 e. The van der Waals surface area contributed by atoms with E-state index in [0.717, 1.165) is 44.6 Å². The second-order valence-corrected chi connectivity index (χ2v) is 7.64. The van der Waals surface area contributed by atoms with E-state index in [1.807, 2.05) is 41.0 Å². The first kappa shape index (κ1) is 19.6. The Morgan fingerprint density at radius 1 is 0.926 bits per heavy atom. The molecule has 1 aromatic carbocycles. The summed E-state index contributed by atoms with van der Waals surface area (Å²) in [7, 11) is 0. The number of amides is 2. The third-order valence-corrected chi connectivity index (χ3v) is 5.46. The van der Waals surface area contributed by atoms with Gasteiger partial charge in [-0.15, -0.1) is 0 Å². The molecule has 3 rings (SSSR count). The highest BCUT2D eigenvalue weighted by Gasteiger charge is 2.23. The van der Waals surface area contributed by atoms with Crippen molar-refractivity contribution in [1.82, 2.24) is 14.7 Å². The summed E-state index contributed by atoms with van der Waals surface area (Å²) in [5.74, 6) is 0.297. The highest BCUT2D eigenvalue weighted by atomic mass is 16.2. The number of carbonyl (C=O) groups excluding carboxylic acids is 2. The zero-order chi connectivity index (χ0) is 19.1. The van der Waals surface area contributed by atoms with E-state index in [9.17, 15) is 9.59 Å². The van der Waals surface area contributed by atoms with Crippen molar-refractivity contribution >= 4 is 17.9 Å². The van der Waals surface area contributed by atoms with Gasteiger partial charge in [-0.1, -0.05) is 42.7 Å². The zero-order valence-corrected chi connectivity index (χ0v) is 16.4. The number of nitrogens with zero attached hydrogens (tertiary/aromatic N) is 3. The van der Waals surface area contributed by atoms with Crippen LogP contribution in [0.25, 0.3) is 6.08 Å². The molecule has 5 heteroatoms. The van der Waals surface area contributed by atoms with Crippen LogP contribution in [-0.2, 0) is 9.59 Å². The number of rotatable bonds is 4. The van der Waals surface area contributed by atoms with Crippen LogP contribution in [0, 0.1) is 6.92 Å². The predicted octanol–water partition coefficient (Wildman–Crippen LogP) is 2.56. The largest absolute Gasteiger partial charge is 0.342 e. The van der Waals surface area contributed by atoms with Gasteiger partial charge in [-0.3, -0.25) is 14.5 Å². The lowest BCUT2D eigenvalue weighted by Crippen LogP contribution is -2.51. The number of aryl methyl sites for hydroxylation is 1. The van der Waals surface area contributed by atoms with E-state index >= 15 is 0 Å². The van der Waals surface area contributed by atoms with Gasteiger partial charge in [-0.25, -0.2) is 0 Å². The van der Waals surface area contributed by atoms with E-state index in [2.05, 4.69) is 11.0 Å². The van der Waals surface area contributed by atoms with Crippen molar-refractivity contribution < 1.29 is 9.59 Å². The molecule has 0 spiro atoms. The van der Waals surface area contributed by atoms with Gasteiger partial charge in [-0.05, 0) is 31.4 Å². The molecule has 0 unspecified atom stereocenters. The highest BCUT2D eigenvalue weighted by Crippen LogP contribution is 2.11. The molecular formula is C22H31N3O2. The van der Waals surface area contributed by atoms with Gasteiger partial charge in [0, 0.05) is 45.3 Å². The van der Waals surface area contributed by atoms with Crippen molar-refractivity contribution in [3.05, 3.63) is 41.5 Å². The van der Waals surface area contributed by atoms with Crippen LogP contribution in [-0.4, -0.2) is 72.3 Å². The number of piperazine rings is 1. The Hall–Kier alpha value is -2.14. The van der Waals surface area contributed by atoms with E-state index < -0.39 is 0 Å². The molecule has 0 atom stereocenters. The molecule has 0 radical (unpaired) electrons. The molecule has 2 heterocycles. The van der Waals surface area contributed by atoms with E-state index in [1.54, 1.807) is 6.08 Å². The Bertz CT molecular complexity index is 670. The Morgan fingerprint density at radius 2 is 1.63 bits per heavy atom. The fraction of sp³-hybridized carbons (Fsp3) is 0.545. The number of hydrogen-bond donors (Lipinski definition) is 0. The normalized spacial score (nSPS) is 19.3. The van der Waals surface area contributed by atoms with Gasteiger partial charge in [0.2, 0.25) is 11.8 Å². The Morgan fingerprint density at radius 3 is 2.30 bits per heavy atom. The summed E-state index contributed by atoms with van der Waals surface area (Å²) in [5.41, 5.74) is 2.23. The maximum atomic E-state index is 12.5. The topological polar surface area (TPSA) is 43.9 Å². The average Bonchev–Trinajstić information content (AvgIpc) is 2.96. The lowest BCUT2D eigenvalue weighted by atomic mass is 10.1. The molecular weight excluding hydrogens is 338 g/mol. The summed E-state index contributed by atoms with van der Waals surface area (Å²) in [5, 5.41) is 0. The number of carbonyl (C=O) groups is 2. The zero-order valence-electron chi connectivity index (χ0n) is 16.4.